The van der Waals surface area contributed by atoms with Gasteiger partial charge in [-0.3, -0.25) is 29.3 Å². The minimum absolute atomic E-state index is 0.0706. The van der Waals surface area contributed by atoms with Gasteiger partial charge in [0.1, 0.15) is 5.70 Å². The van der Waals surface area contributed by atoms with Crippen molar-refractivity contribution < 1.29 is 33.6 Å². The van der Waals surface area contributed by atoms with Gasteiger partial charge in [-0.1, -0.05) is 36.4 Å². The van der Waals surface area contributed by atoms with Crippen LogP contribution < -0.4 is 25.0 Å². The molecule has 12 nitrogen and oxygen atoms in total. The quantitative estimate of drug-likeness (QED) is 0.0931. The van der Waals surface area contributed by atoms with Crippen molar-refractivity contribution >= 4 is 58.5 Å². The minimum atomic E-state index is -0.746. The van der Waals surface area contributed by atoms with Crippen molar-refractivity contribution in [2.24, 2.45) is 0 Å². The number of rotatable bonds is 11. The molecule has 0 saturated carbocycles. The van der Waals surface area contributed by atoms with E-state index in [-0.39, 0.29) is 23.5 Å². The van der Waals surface area contributed by atoms with Crippen LogP contribution in [0.3, 0.4) is 0 Å². The van der Waals surface area contributed by atoms with Crippen molar-refractivity contribution in [2.45, 2.75) is 16.6 Å². The summed E-state index contributed by atoms with van der Waals surface area (Å²) in [7, 11) is 2.96. The molecule has 0 aliphatic carbocycles. The monoisotopic (exact) mass is 652 g/mol. The molecule has 238 valence electrons. The van der Waals surface area contributed by atoms with Crippen molar-refractivity contribution in [2.75, 3.05) is 24.4 Å². The molecule has 5 rings (SSSR count). The third-order valence-electron chi connectivity index (χ3n) is 7.06. The molecular weight excluding hydrogens is 624 g/mol. The molecule has 1 fully saturated rings. The predicted octanol–water partition coefficient (Wildman–Crippen LogP) is 5.45. The number of benzene rings is 4. The Balaban J connectivity index is 1.36. The molecule has 1 atom stereocenters. The van der Waals surface area contributed by atoms with Crippen molar-refractivity contribution in [3.63, 3.8) is 0 Å². The molecule has 4 aromatic carbocycles. The van der Waals surface area contributed by atoms with Crippen molar-refractivity contribution in [1.82, 2.24) is 5.32 Å². The second-order valence-electron chi connectivity index (χ2n) is 10.1. The highest BCUT2D eigenvalue weighted by Gasteiger charge is 2.40. The lowest BCUT2D eigenvalue weighted by Gasteiger charge is -2.15. The molecule has 1 heterocycles. The molecule has 47 heavy (non-hydrogen) atoms. The summed E-state index contributed by atoms with van der Waals surface area (Å²) in [5.74, 6) is -1.21. The molecule has 0 spiro atoms. The zero-order valence-electron chi connectivity index (χ0n) is 25.2. The Kier molecular flexibility index (Phi) is 9.96. The van der Waals surface area contributed by atoms with Gasteiger partial charge in [-0.15, -0.1) is 11.8 Å². The van der Waals surface area contributed by atoms with Gasteiger partial charge in [-0.05, 0) is 54.6 Å². The molecule has 0 bridgehead atoms. The average Bonchev–Trinajstić information content (AvgIpc) is 3.36. The molecule has 2 N–H and O–H groups in total. The van der Waals surface area contributed by atoms with E-state index in [0.29, 0.717) is 33.2 Å². The first-order valence-corrected chi connectivity index (χ1v) is 15.0. The van der Waals surface area contributed by atoms with Crippen LogP contribution in [-0.4, -0.2) is 48.0 Å². The van der Waals surface area contributed by atoms with E-state index in [2.05, 4.69) is 10.6 Å². The predicted molar refractivity (Wildman–Crippen MR) is 176 cm³/mol. The van der Waals surface area contributed by atoms with Crippen LogP contribution >= 0.6 is 11.8 Å². The fraction of sp³-hybridized carbons (Fsp3) is 0.118. The van der Waals surface area contributed by atoms with Gasteiger partial charge in [-0.2, -0.15) is 0 Å². The van der Waals surface area contributed by atoms with Crippen LogP contribution in [0, 0.1) is 10.1 Å². The standard InChI is InChI=1S/C34H28N4O8S/c1-45-28-13-6-10-22(31(28)46-2)18-27(36-32(40)21-8-4-3-5-9-21)33(41)35-23-11-7-12-26(19-23)47-29-20-30(39)37(34(29)42)24-14-16-25(17-15-24)38(43)44/h3-19,29H,20H2,1-2H3,(H,35,41)(H,36,40)/b27-18-/t29-/m0/s1. The number of ether oxygens (including phenoxy) is 2. The third-order valence-corrected chi connectivity index (χ3v) is 8.24. The number of methoxy groups -OCH3 is 2. The van der Waals surface area contributed by atoms with Gasteiger partial charge in [0.2, 0.25) is 11.8 Å². The van der Waals surface area contributed by atoms with Gasteiger partial charge in [0, 0.05) is 40.3 Å². The summed E-state index contributed by atoms with van der Waals surface area (Å²) in [6.07, 6.45) is 1.41. The number of carbonyl (C=O) groups is 4. The summed E-state index contributed by atoms with van der Waals surface area (Å²) in [5.41, 5.74) is 1.23. The Bertz CT molecular complexity index is 1880. The van der Waals surface area contributed by atoms with Crippen LogP contribution in [0.5, 0.6) is 11.5 Å². The Morgan fingerprint density at radius 1 is 0.936 bits per heavy atom. The Morgan fingerprint density at radius 2 is 1.66 bits per heavy atom. The van der Waals surface area contributed by atoms with Crippen LogP contribution in [0.1, 0.15) is 22.3 Å². The molecule has 0 radical (unpaired) electrons. The Labute approximate surface area is 273 Å². The normalized spacial score (nSPS) is 14.5. The van der Waals surface area contributed by atoms with Crippen LogP contribution in [0.4, 0.5) is 17.1 Å². The number of para-hydroxylation sites is 1. The van der Waals surface area contributed by atoms with E-state index in [0.717, 1.165) is 16.7 Å². The first-order chi connectivity index (χ1) is 22.7. The molecule has 13 heteroatoms. The first-order valence-electron chi connectivity index (χ1n) is 14.2. The fourth-order valence-corrected chi connectivity index (χ4v) is 5.94. The van der Waals surface area contributed by atoms with Crippen molar-refractivity contribution in [3.05, 3.63) is 124 Å². The van der Waals surface area contributed by atoms with Crippen LogP contribution in [0.25, 0.3) is 6.08 Å². The average molecular weight is 653 g/mol. The summed E-state index contributed by atoms with van der Waals surface area (Å²) in [6, 6.07) is 25.5. The fourth-order valence-electron chi connectivity index (χ4n) is 4.82. The lowest BCUT2D eigenvalue weighted by atomic mass is 10.1. The van der Waals surface area contributed by atoms with Gasteiger partial charge < -0.3 is 20.1 Å². The van der Waals surface area contributed by atoms with E-state index in [1.807, 2.05) is 0 Å². The van der Waals surface area contributed by atoms with Crippen LogP contribution in [0.15, 0.2) is 108 Å². The maximum absolute atomic E-state index is 13.6. The van der Waals surface area contributed by atoms with E-state index in [9.17, 15) is 29.3 Å². The largest absolute Gasteiger partial charge is 0.493 e. The molecule has 4 amide bonds. The number of amides is 4. The highest BCUT2D eigenvalue weighted by molar-refractivity contribution is 8.00. The molecular formula is C34H28N4O8S. The summed E-state index contributed by atoms with van der Waals surface area (Å²) in [5, 5.41) is 15.7. The number of imide groups is 1. The summed E-state index contributed by atoms with van der Waals surface area (Å²) < 4.78 is 10.9. The number of carbonyl (C=O) groups excluding carboxylic acids is 4. The number of hydrogen-bond donors (Lipinski definition) is 2. The number of anilines is 2. The first kappa shape index (κ1) is 32.4. The highest BCUT2D eigenvalue weighted by Crippen LogP contribution is 2.36. The lowest BCUT2D eigenvalue weighted by Crippen LogP contribution is -2.31. The van der Waals surface area contributed by atoms with E-state index in [1.54, 1.807) is 72.8 Å². The zero-order valence-corrected chi connectivity index (χ0v) is 26.0. The van der Waals surface area contributed by atoms with E-state index in [1.165, 1.54) is 44.6 Å². The number of thioether (sulfide) groups is 1. The number of nitro groups is 1. The molecule has 0 aromatic heterocycles. The van der Waals surface area contributed by atoms with Crippen molar-refractivity contribution in [1.29, 1.82) is 0 Å². The van der Waals surface area contributed by atoms with Gasteiger partial charge in [0.25, 0.3) is 17.5 Å². The molecule has 1 aliphatic heterocycles. The molecule has 4 aromatic rings. The number of nitrogens with one attached hydrogen (secondary N) is 2. The maximum Gasteiger partial charge on any atom is 0.272 e. The Hall–Kier alpha value is -5.95. The smallest absolute Gasteiger partial charge is 0.272 e. The topological polar surface area (TPSA) is 157 Å². The molecule has 1 saturated heterocycles. The third kappa shape index (κ3) is 7.48. The lowest BCUT2D eigenvalue weighted by molar-refractivity contribution is -0.384. The number of nitro benzene ring substituents is 1. The van der Waals surface area contributed by atoms with Gasteiger partial charge in [0.05, 0.1) is 30.1 Å². The second-order valence-corrected chi connectivity index (χ2v) is 11.4. The van der Waals surface area contributed by atoms with E-state index >= 15 is 0 Å². The number of nitrogens with zero attached hydrogens (tertiary/aromatic N) is 2. The molecule has 1 aliphatic rings. The summed E-state index contributed by atoms with van der Waals surface area (Å²) >= 11 is 1.15. The second kappa shape index (κ2) is 14.4. The van der Waals surface area contributed by atoms with Crippen LogP contribution in [0.2, 0.25) is 0 Å². The number of hydrogen-bond acceptors (Lipinski definition) is 9. The zero-order chi connectivity index (χ0) is 33.5. The van der Waals surface area contributed by atoms with Crippen molar-refractivity contribution in [3.8, 4) is 11.5 Å². The SMILES string of the molecule is COc1cccc(/C=C(\NC(=O)c2ccccc2)C(=O)Nc2cccc(S[C@H]3CC(=O)N(c4ccc([N+](=O)[O-])cc4)C3=O)c2)c1OC. The van der Waals surface area contributed by atoms with Gasteiger partial charge in [0.15, 0.2) is 11.5 Å². The number of non-ortho nitro benzene ring substituents is 1. The highest BCUT2D eigenvalue weighted by atomic mass is 32.2. The molecule has 0 unspecified atom stereocenters. The summed E-state index contributed by atoms with van der Waals surface area (Å²) in [4.78, 5) is 64.7. The van der Waals surface area contributed by atoms with Gasteiger partial charge in [-0.25, -0.2) is 4.90 Å². The summed E-state index contributed by atoms with van der Waals surface area (Å²) in [6.45, 7) is 0. The van der Waals surface area contributed by atoms with Crippen LogP contribution in [-0.2, 0) is 14.4 Å². The Morgan fingerprint density at radius 3 is 2.34 bits per heavy atom. The van der Waals surface area contributed by atoms with E-state index in [4.69, 9.17) is 9.47 Å². The maximum atomic E-state index is 13.6. The minimum Gasteiger partial charge on any atom is -0.493 e. The van der Waals surface area contributed by atoms with Gasteiger partial charge >= 0.3 is 0 Å². The van der Waals surface area contributed by atoms with E-state index < -0.39 is 33.8 Å².